The maximum Gasteiger partial charge on any atom is 0.359 e. The summed E-state index contributed by atoms with van der Waals surface area (Å²) in [6.07, 6.45) is 0.116. The number of methoxy groups -OCH3 is 1. The molecule has 1 amide bonds. The first-order chi connectivity index (χ1) is 16.4. The highest BCUT2D eigenvalue weighted by molar-refractivity contribution is 7.16. The van der Waals surface area contributed by atoms with Crippen molar-refractivity contribution >= 4 is 39.0 Å². The molecule has 0 atom stereocenters. The zero-order valence-corrected chi connectivity index (χ0v) is 19.8. The van der Waals surface area contributed by atoms with Gasteiger partial charge in [-0.1, -0.05) is 29.8 Å². The van der Waals surface area contributed by atoms with Gasteiger partial charge in [0.2, 0.25) is 5.91 Å². The highest BCUT2D eigenvalue weighted by atomic mass is 32.1. The molecule has 4 aromatic rings. The van der Waals surface area contributed by atoms with E-state index in [1.807, 2.05) is 19.1 Å². The zero-order chi connectivity index (χ0) is 24.2. The smallest absolute Gasteiger partial charge is 0.359 e. The molecule has 0 unspecified atom stereocenters. The number of rotatable bonds is 7. The van der Waals surface area contributed by atoms with Gasteiger partial charge in [-0.2, -0.15) is 9.78 Å². The highest BCUT2D eigenvalue weighted by Crippen LogP contribution is 2.31. The fraction of sp³-hybridized carbons (Fsp3) is 0.200. The van der Waals surface area contributed by atoms with Gasteiger partial charge in [0.25, 0.3) is 5.56 Å². The Morgan fingerprint density at radius 1 is 1.09 bits per heavy atom. The van der Waals surface area contributed by atoms with Gasteiger partial charge in [-0.25, -0.2) is 4.79 Å². The number of aromatic nitrogens is 2. The number of nitrogens with zero attached hydrogens (tertiary/aromatic N) is 2. The molecule has 2 aromatic heterocycles. The number of amides is 1. The maximum atomic E-state index is 13.4. The van der Waals surface area contributed by atoms with Crippen LogP contribution in [0.25, 0.3) is 16.5 Å². The van der Waals surface area contributed by atoms with Crippen LogP contribution in [-0.4, -0.2) is 35.4 Å². The van der Waals surface area contributed by atoms with E-state index in [1.54, 1.807) is 55.8 Å². The molecule has 1 N–H and O–H groups in total. The van der Waals surface area contributed by atoms with Gasteiger partial charge in [0.15, 0.2) is 5.69 Å². The number of anilines is 1. The van der Waals surface area contributed by atoms with Crippen molar-refractivity contribution in [1.29, 1.82) is 0 Å². The molecule has 0 bridgehead atoms. The van der Waals surface area contributed by atoms with E-state index in [-0.39, 0.29) is 30.0 Å². The predicted molar refractivity (Wildman–Crippen MR) is 131 cm³/mol. The van der Waals surface area contributed by atoms with Gasteiger partial charge < -0.3 is 14.8 Å². The molecule has 0 saturated heterocycles. The number of thiophene rings is 1. The second-order valence-electron chi connectivity index (χ2n) is 7.55. The number of fused-ring (bicyclic) bond motifs is 1. The van der Waals surface area contributed by atoms with Crippen LogP contribution in [0.15, 0.2) is 58.7 Å². The molecular weight excluding hydrogens is 454 g/mol. The predicted octanol–water partition coefficient (Wildman–Crippen LogP) is 4.12. The lowest BCUT2D eigenvalue weighted by Gasteiger charge is -2.10. The van der Waals surface area contributed by atoms with Gasteiger partial charge in [0.05, 0.1) is 31.2 Å². The number of carbonyl (C=O) groups is 2. The largest absolute Gasteiger partial charge is 0.497 e. The normalized spacial score (nSPS) is 10.8. The third kappa shape index (κ3) is 4.69. The Kier molecular flexibility index (Phi) is 6.74. The van der Waals surface area contributed by atoms with E-state index < -0.39 is 11.5 Å². The fourth-order valence-electron chi connectivity index (χ4n) is 3.45. The Morgan fingerprint density at radius 3 is 2.44 bits per heavy atom. The fourth-order valence-corrected chi connectivity index (χ4v) is 4.41. The summed E-state index contributed by atoms with van der Waals surface area (Å²) in [6, 6.07) is 14.4. The zero-order valence-electron chi connectivity index (χ0n) is 19.0. The third-order valence-electron chi connectivity index (χ3n) is 5.18. The van der Waals surface area contributed by atoms with Crippen molar-refractivity contribution in [3.8, 4) is 11.4 Å². The van der Waals surface area contributed by atoms with Crippen molar-refractivity contribution in [3.05, 3.63) is 81.1 Å². The van der Waals surface area contributed by atoms with Gasteiger partial charge in [-0.15, -0.1) is 11.3 Å². The SMILES string of the molecule is CCOC(=O)c1nn(-c2ccc(C)cc2)c(=O)c2c(NC(=O)Cc3ccc(OC)cc3)scc12. The van der Waals surface area contributed by atoms with Crippen molar-refractivity contribution < 1.29 is 19.1 Å². The summed E-state index contributed by atoms with van der Waals surface area (Å²) in [5.41, 5.74) is 1.90. The summed E-state index contributed by atoms with van der Waals surface area (Å²) in [7, 11) is 1.58. The number of benzene rings is 2. The summed E-state index contributed by atoms with van der Waals surface area (Å²) in [5.74, 6) is -0.226. The van der Waals surface area contributed by atoms with Crippen LogP contribution in [0.3, 0.4) is 0 Å². The second kappa shape index (κ2) is 9.88. The summed E-state index contributed by atoms with van der Waals surface area (Å²) < 4.78 is 11.5. The van der Waals surface area contributed by atoms with E-state index in [0.717, 1.165) is 22.5 Å². The van der Waals surface area contributed by atoms with E-state index in [9.17, 15) is 14.4 Å². The molecule has 0 radical (unpaired) electrons. The number of esters is 1. The number of hydrogen-bond donors (Lipinski definition) is 1. The standard InChI is InChI=1S/C25H23N3O5S/c1-4-33-25(31)22-19-14-34-23(26-20(29)13-16-7-11-18(32-3)12-8-16)21(19)24(30)28(27-22)17-9-5-15(2)6-10-17/h5-12,14H,4,13H2,1-3H3,(H,26,29). The third-order valence-corrected chi connectivity index (χ3v) is 6.07. The summed E-state index contributed by atoms with van der Waals surface area (Å²) in [5, 5.41) is 9.68. The molecule has 0 saturated carbocycles. The Balaban J connectivity index is 1.75. The molecule has 8 nitrogen and oxygen atoms in total. The number of ether oxygens (including phenoxy) is 2. The molecule has 0 fully saturated rings. The Morgan fingerprint density at radius 2 is 1.79 bits per heavy atom. The van der Waals surface area contributed by atoms with Crippen LogP contribution in [0.4, 0.5) is 5.00 Å². The Bertz CT molecular complexity index is 1410. The number of hydrogen-bond acceptors (Lipinski definition) is 7. The minimum atomic E-state index is -0.637. The van der Waals surface area contributed by atoms with Crippen molar-refractivity contribution in [1.82, 2.24) is 9.78 Å². The Labute approximate surface area is 199 Å². The molecule has 34 heavy (non-hydrogen) atoms. The molecule has 0 aliphatic heterocycles. The molecule has 0 aliphatic carbocycles. The van der Waals surface area contributed by atoms with Gasteiger partial charge in [0.1, 0.15) is 10.8 Å². The summed E-state index contributed by atoms with van der Waals surface area (Å²) >= 11 is 1.16. The molecule has 174 valence electrons. The van der Waals surface area contributed by atoms with Gasteiger partial charge in [-0.3, -0.25) is 9.59 Å². The monoisotopic (exact) mass is 477 g/mol. The van der Waals surface area contributed by atoms with Crippen LogP contribution >= 0.6 is 11.3 Å². The first-order valence-corrected chi connectivity index (χ1v) is 11.5. The number of aryl methyl sites for hydroxylation is 1. The van der Waals surface area contributed by atoms with Crippen LogP contribution in [0.2, 0.25) is 0 Å². The molecule has 4 rings (SSSR count). The molecule has 0 aliphatic rings. The minimum absolute atomic E-state index is 0.0175. The van der Waals surface area contributed by atoms with Gasteiger partial charge in [-0.05, 0) is 43.7 Å². The number of carbonyl (C=O) groups excluding carboxylic acids is 2. The van der Waals surface area contributed by atoms with Crippen molar-refractivity contribution in [2.45, 2.75) is 20.3 Å². The average molecular weight is 478 g/mol. The molecule has 2 heterocycles. The van der Waals surface area contributed by atoms with Crippen LogP contribution in [-0.2, 0) is 16.0 Å². The van der Waals surface area contributed by atoms with Crippen molar-refractivity contribution in [2.75, 3.05) is 19.0 Å². The van der Waals surface area contributed by atoms with E-state index in [0.29, 0.717) is 21.8 Å². The van der Waals surface area contributed by atoms with E-state index in [4.69, 9.17) is 9.47 Å². The molecule has 0 spiro atoms. The van der Waals surface area contributed by atoms with Crippen molar-refractivity contribution in [2.24, 2.45) is 0 Å². The Hall–Kier alpha value is -3.98. The highest BCUT2D eigenvalue weighted by Gasteiger charge is 2.23. The van der Waals surface area contributed by atoms with Gasteiger partial charge >= 0.3 is 5.97 Å². The quantitative estimate of drug-likeness (QED) is 0.402. The average Bonchev–Trinajstić information content (AvgIpc) is 3.24. The van der Waals surface area contributed by atoms with Crippen molar-refractivity contribution in [3.63, 3.8) is 0 Å². The van der Waals surface area contributed by atoms with Crippen LogP contribution in [0.1, 0.15) is 28.5 Å². The van der Waals surface area contributed by atoms with Crippen LogP contribution < -0.4 is 15.6 Å². The first-order valence-electron chi connectivity index (χ1n) is 10.6. The topological polar surface area (TPSA) is 99.5 Å². The lowest BCUT2D eigenvalue weighted by molar-refractivity contribution is -0.115. The second-order valence-corrected chi connectivity index (χ2v) is 8.43. The minimum Gasteiger partial charge on any atom is -0.497 e. The first kappa shape index (κ1) is 23.2. The lowest BCUT2D eigenvalue weighted by atomic mass is 10.1. The van der Waals surface area contributed by atoms with Gasteiger partial charge in [0, 0.05) is 10.8 Å². The lowest BCUT2D eigenvalue weighted by Crippen LogP contribution is -2.25. The molecule has 2 aromatic carbocycles. The van der Waals surface area contributed by atoms with E-state index >= 15 is 0 Å². The van der Waals surface area contributed by atoms with Crippen LogP contribution in [0.5, 0.6) is 5.75 Å². The van der Waals surface area contributed by atoms with E-state index in [2.05, 4.69) is 10.4 Å². The summed E-state index contributed by atoms with van der Waals surface area (Å²) in [6.45, 7) is 3.80. The molecular formula is C25H23N3O5S. The molecule has 9 heteroatoms. The van der Waals surface area contributed by atoms with Crippen LogP contribution in [0, 0.1) is 6.92 Å². The number of nitrogens with one attached hydrogen (secondary N) is 1. The maximum absolute atomic E-state index is 13.4. The van der Waals surface area contributed by atoms with E-state index in [1.165, 1.54) is 4.68 Å². The summed E-state index contributed by atoms with van der Waals surface area (Å²) in [4.78, 5) is 38.8.